The van der Waals surface area contributed by atoms with Gasteiger partial charge in [0.2, 0.25) is 11.1 Å². The Bertz CT molecular complexity index is 1070. The summed E-state index contributed by atoms with van der Waals surface area (Å²) in [4.78, 5) is 24.9. The zero-order valence-corrected chi connectivity index (χ0v) is 21.0. The molecule has 0 atom stereocenters. The van der Waals surface area contributed by atoms with Crippen LogP contribution >= 0.6 is 0 Å². The topological polar surface area (TPSA) is 91.8 Å². The highest BCUT2D eigenvalue weighted by atomic mass is 16.7. The summed E-state index contributed by atoms with van der Waals surface area (Å²) in [5.74, 6) is 0. The SMILES string of the molecule is CC1(C)OB(c2ccc(=O)[nH]c2)OC1(C)C.Cn1cc(B2OC(C)(C)C(C)(C)O2)ccc1=O. The molecule has 0 amide bonds. The molecule has 0 aliphatic carbocycles. The largest absolute Gasteiger partial charge is 0.496 e. The van der Waals surface area contributed by atoms with Crippen LogP contribution in [-0.2, 0) is 25.7 Å². The molecule has 0 radical (unpaired) electrons. The molecule has 4 heterocycles. The van der Waals surface area contributed by atoms with E-state index < -0.39 is 14.2 Å². The Kier molecular flexibility index (Phi) is 6.63. The van der Waals surface area contributed by atoms with E-state index in [0.29, 0.717) is 0 Å². The van der Waals surface area contributed by atoms with Crippen molar-refractivity contribution in [2.24, 2.45) is 7.05 Å². The summed E-state index contributed by atoms with van der Waals surface area (Å²) in [6.07, 6.45) is 3.38. The van der Waals surface area contributed by atoms with Gasteiger partial charge in [0.25, 0.3) is 0 Å². The van der Waals surface area contributed by atoms with Crippen LogP contribution in [0.15, 0.2) is 46.2 Å². The number of nitrogens with zero attached hydrogens (tertiary/aromatic N) is 1. The molecular weight excluding hydrogens is 422 g/mol. The summed E-state index contributed by atoms with van der Waals surface area (Å²) in [5.41, 5.74) is 0.120. The molecule has 2 aliphatic rings. The van der Waals surface area contributed by atoms with Crippen molar-refractivity contribution in [3.05, 3.63) is 57.4 Å². The Morgan fingerprint density at radius 3 is 1.52 bits per heavy atom. The second-order valence-electron chi connectivity index (χ2n) is 10.6. The second-order valence-corrected chi connectivity index (χ2v) is 10.6. The van der Waals surface area contributed by atoms with Gasteiger partial charge < -0.3 is 28.2 Å². The molecule has 0 aromatic carbocycles. The van der Waals surface area contributed by atoms with Gasteiger partial charge in [-0.05, 0) is 66.3 Å². The Morgan fingerprint density at radius 1 is 0.697 bits per heavy atom. The maximum Gasteiger partial charge on any atom is 0.496 e. The Hall–Kier alpha value is -2.13. The van der Waals surface area contributed by atoms with Crippen LogP contribution < -0.4 is 22.0 Å². The molecule has 0 saturated carbocycles. The van der Waals surface area contributed by atoms with Crippen molar-refractivity contribution in [1.82, 2.24) is 9.55 Å². The van der Waals surface area contributed by atoms with Crippen LogP contribution in [0.3, 0.4) is 0 Å². The van der Waals surface area contributed by atoms with Gasteiger partial charge in [-0.3, -0.25) is 9.59 Å². The van der Waals surface area contributed by atoms with Crippen LogP contribution in [0.5, 0.6) is 0 Å². The van der Waals surface area contributed by atoms with Gasteiger partial charge >= 0.3 is 14.2 Å². The van der Waals surface area contributed by atoms with E-state index in [1.165, 1.54) is 16.7 Å². The van der Waals surface area contributed by atoms with Gasteiger partial charge in [0.1, 0.15) is 0 Å². The van der Waals surface area contributed by atoms with E-state index in [1.54, 1.807) is 31.6 Å². The van der Waals surface area contributed by atoms with E-state index in [1.807, 2.05) is 55.4 Å². The van der Waals surface area contributed by atoms with Gasteiger partial charge in [0.05, 0.1) is 22.4 Å². The first-order chi connectivity index (χ1) is 15.0. The summed E-state index contributed by atoms with van der Waals surface area (Å²) < 4.78 is 25.0. The highest BCUT2D eigenvalue weighted by Crippen LogP contribution is 2.37. The summed E-state index contributed by atoms with van der Waals surface area (Å²) in [5, 5.41) is 0. The number of aromatic amines is 1. The predicted molar refractivity (Wildman–Crippen MR) is 130 cm³/mol. The van der Waals surface area contributed by atoms with E-state index in [2.05, 4.69) is 4.98 Å². The first-order valence-corrected chi connectivity index (χ1v) is 11.1. The lowest BCUT2D eigenvalue weighted by atomic mass is 9.80. The molecule has 2 fully saturated rings. The Labute approximate surface area is 195 Å². The van der Waals surface area contributed by atoms with Gasteiger partial charge in [-0.2, -0.15) is 0 Å². The van der Waals surface area contributed by atoms with Gasteiger partial charge in [-0.1, -0.05) is 12.1 Å². The number of hydrogen-bond acceptors (Lipinski definition) is 6. The molecule has 4 rings (SSSR count). The smallest absolute Gasteiger partial charge is 0.399 e. The monoisotopic (exact) mass is 456 g/mol. The minimum atomic E-state index is -0.415. The van der Waals surface area contributed by atoms with E-state index in [-0.39, 0.29) is 33.5 Å². The van der Waals surface area contributed by atoms with E-state index in [4.69, 9.17) is 18.6 Å². The van der Waals surface area contributed by atoms with E-state index in [0.717, 1.165) is 10.9 Å². The number of rotatable bonds is 2. The van der Waals surface area contributed by atoms with Gasteiger partial charge in [-0.25, -0.2) is 0 Å². The first kappa shape index (κ1) is 25.5. The minimum absolute atomic E-state index is 0.0368. The van der Waals surface area contributed by atoms with Gasteiger partial charge in [-0.15, -0.1) is 0 Å². The molecule has 8 nitrogen and oxygen atoms in total. The molecule has 178 valence electrons. The summed E-state index contributed by atoms with van der Waals surface area (Å²) in [7, 11) is 0.894. The fraction of sp³-hybridized carbons (Fsp3) is 0.565. The molecular formula is C23H34B2N2O6. The maximum atomic E-state index is 11.3. The van der Waals surface area contributed by atoms with Crippen molar-refractivity contribution in [3.63, 3.8) is 0 Å². The van der Waals surface area contributed by atoms with Crippen LogP contribution in [0, 0.1) is 0 Å². The maximum absolute atomic E-state index is 11.3. The minimum Gasteiger partial charge on any atom is -0.399 e. The third-order valence-electron chi connectivity index (χ3n) is 6.97. The molecule has 2 aliphatic heterocycles. The van der Waals surface area contributed by atoms with Crippen molar-refractivity contribution in [1.29, 1.82) is 0 Å². The van der Waals surface area contributed by atoms with Crippen LogP contribution in [-0.4, -0.2) is 46.2 Å². The molecule has 1 N–H and O–H groups in total. The van der Waals surface area contributed by atoms with E-state index in [9.17, 15) is 9.59 Å². The molecule has 0 unspecified atom stereocenters. The molecule has 0 bridgehead atoms. The summed E-state index contributed by atoms with van der Waals surface area (Å²) in [6, 6.07) is 6.48. The predicted octanol–water partition coefficient (Wildman–Crippen LogP) is 1.36. The Morgan fingerprint density at radius 2 is 1.12 bits per heavy atom. The molecule has 2 aromatic rings. The summed E-state index contributed by atoms with van der Waals surface area (Å²) in [6.45, 7) is 16.0. The number of pyridine rings is 2. The highest BCUT2D eigenvalue weighted by Gasteiger charge is 2.52. The third kappa shape index (κ3) is 5.19. The molecule has 10 heteroatoms. The normalized spacial score (nSPS) is 22.1. The Balaban J connectivity index is 0.000000186. The van der Waals surface area contributed by atoms with Gasteiger partial charge in [0.15, 0.2) is 0 Å². The van der Waals surface area contributed by atoms with Crippen molar-refractivity contribution < 1.29 is 18.6 Å². The third-order valence-corrected chi connectivity index (χ3v) is 6.97. The lowest BCUT2D eigenvalue weighted by molar-refractivity contribution is 0.00578. The van der Waals surface area contributed by atoms with Crippen molar-refractivity contribution >= 4 is 25.2 Å². The van der Waals surface area contributed by atoms with Crippen LogP contribution in [0.4, 0.5) is 0 Å². The number of nitrogens with one attached hydrogen (secondary N) is 1. The average molecular weight is 456 g/mol. The highest BCUT2D eigenvalue weighted by molar-refractivity contribution is 6.62. The molecule has 2 aromatic heterocycles. The lowest BCUT2D eigenvalue weighted by Crippen LogP contribution is -2.41. The fourth-order valence-electron chi connectivity index (χ4n) is 3.28. The number of hydrogen-bond donors (Lipinski definition) is 1. The van der Waals surface area contributed by atoms with Gasteiger partial charge in [0, 0.05) is 31.6 Å². The van der Waals surface area contributed by atoms with E-state index >= 15 is 0 Å². The molecule has 33 heavy (non-hydrogen) atoms. The second kappa shape index (κ2) is 8.58. The van der Waals surface area contributed by atoms with Crippen LogP contribution in [0.25, 0.3) is 0 Å². The molecule has 0 spiro atoms. The standard InChI is InChI=1S/C12H18BNO3.C11H16BNO3/c1-11(2)12(3,4)17-13(16-11)9-6-7-10(15)14(5)8-9;1-10(2)11(3,4)16-12(15-10)8-5-6-9(14)13-7-8/h6-8H,1-5H3;5-7H,1-4H3,(H,13,14). The van der Waals surface area contributed by atoms with Crippen molar-refractivity contribution in [2.45, 2.75) is 77.8 Å². The first-order valence-electron chi connectivity index (χ1n) is 11.1. The average Bonchev–Trinajstić information content (AvgIpc) is 3.04. The number of H-pyrrole nitrogens is 1. The number of aryl methyl sites for hydroxylation is 1. The van der Waals surface area contributed by atoms with Crippen molar-refractivity contribution in [3.8, 4) is 0 Å². The zero-order valence-electron chi connectivity index (χ0n) is 21.0. The summed E-state index contributed by atoms with van der Waals surface area (Å²) >= 11 is 0. The zero-order chi connectivity index (χ0) is 24.8. The lowest BCUT2D eigenvalue weighted by Gasteiger charge is -2.32. The van der Waals surface area contributed by atoms with Crippen LogP contribution in [0.2, 0.25) is 0 Å². The van der Waals surface area contributed by atoms with Crippen molar-refractivity contribution in [2.75, 3.05) is 0 Å². The quantitative estimate of drug-likeness (QED) is 0.687. The number of aromatic nitrogens is 2. The van der Waals surface area contributed by atoms with Crippen LogP contribution in [0.1, 0.15) is 55.4 Å². The molecule has 2 saturated heterocycles. The fourth-order valence-corrected chi connectivity index (χ4v) is 3.28.